The van der Waals surface area contributed by atoms with E-state index in [4.69, 9.17) is 10.2 Å². The highest BCUT2D eigenvalue weighted by atomic mass is 16.4. The molecule has 8 heteroatoms. The van der Waals surface area contributed by atoms with Crippen LogP contribution in [0.25, 0.3) is 0 Å². The number of hydrogen-bond donors (Lipinski definition) is 5. The topological polar surface area (TPSA) is 127 Å². The van der Waals surface area contributed by atoms with Gasteiger partial charge in [0.05, 0.1) is 18.6 Å². The number of carbonyl (C=O) groups excluding carboxylic acids is 1. The molecule has 1 rings (SSSR count). The lowest BCUT2D eigenvalue weighted by molar-refractivity contribution is -0.146. The van der Waals surface area contributed by atoms with Crippen molar-refractivity contribution in [2.45, 2.75) is 19.1 Å². The molecule has 1 unspecified atom stereocenters. The van der Waals surface area contributed by atoms with Gasteiger partial charge in [-0.2, -0.15) is 0 Å². The Morgan fingerprint density at radius 1 is 1.47 bits per heavy atom. The van der Waals surface area contributed by atoms with Crippen molar-refractivity contribution in [1.29, 1.82) is 0 Å². The van der Waals surface area contributed by atoms with Gasteiger partial charge in [0, 0.05) is 19.2 Å². The van der Waals surface area contributed by atoms with Crippen molar-refractivity contribution in [1.82, 2.24) is 20.6 Å². The molecule has 2 amide bonds. The van der Waals surface area contributed by atoms with Crippen molar-refractivity contribution in [3.8, 4) is 0 Å². The molecule has 0 aliphatic rings. The van der Waals surface area contributed by atoms with Gasteiger partial charge in [-0.25, -0.2) is 14.6 Å². The molecule has 5 N–H and O–H groups in total. The highest BCUT2D eigenvalue weighted by Crippen LogP contribution is 1.90. The first-order valence-corrected chi connectivity index (χ1v) is 4.99. The molecule has 0 aliphatic carbocycles. The van der Waals surface area contributed by atoms with E-state index in [0.717, 1.165) is 5.69 Å². The van der Waals surface area contributed by atoms with Gasteiger partial charge >= 0.3 is 12.0 Å². The van der Waals surface area contributed by atoms with Crippen LogP contribution in [0.15, 0.2) is 12.5 Å². The summed E-state index contributed by atoms with van der Waals surface area (Å²) in [5, 5.41) is 22.3. The SMILES string of the molecule is O=C(NCCC(O)C(=O)O)NCc1cnc[nH]1. The minimum atomic E-state index is -1.46. The lowest BCUT2D eigenvalue weighted by atomic mass is 10.2. The number of carboxylic acids is 1. The predicted octanol–water partition coefficient (Wildman–Crippen LogP) is -0.955. The van der Waals surface area contributed by atoms with E-state index in [2.05, 4.69) is 20.6 Å². The number of urea groups is 1. The summed E-state index contributed by atoms with van der Waals surface area (Å²) in [6.45, 7) is 0.385. The average molecular weight is 242 g/mol. The zero-order valence-corrected chi connectivity index (χ0v) is 9.01. The van der Waals surface area contributed by atoms with Crippen LogP contribution < -0.4 is 10.6 Å². The summed E-state index contributed by atoms with van der Waals surface area (Å²) < 4.78 is 0. The third-order valence-electron chi connectivity index (χ3n) is 1.98. The number of nitrogens with zero attached hydrogens (tertiary/aromatic N) is 1. The number of hydrogen-bond acceptors (Lipinski definition) is 4. The molecule has 1 aromatic heterocycles. The van der Waals surface area contributed by atoms with Crippen LogP contribution in [0.3, 0.4) is 0 Å². The fourth-order valence-electron chi connectivity index (χ4n) is 1.07. The Bertz CT molecular complexity index is 365. The summed E-state index contributed by atoms with van der Waals surface area (Å²) in [7, 11) is 0. The molecule has 0 fully saturated rings. The summed E-state index contributed by atoms with van der Waals surface area (Å²) in [5.41, 5.74) is 0.755. The number of amides is 2. The Kier molecular flexibility index (Phi) is 4.95. The van der Waals surface area contributed by atoms with Gasteiger partial charge in [-0.1, -0.05) is 0 Å². The maximum atomic E-state index is 11.2. The Balaban J connectivity index is 2.11. The van der Waals surface area contributed by atoms with E-state index < -0.39 is 18.1 Å². The van der Waals surface area contributed by atoms with Crippen molar-refractivity contribution in [3.05, 3.63) is 18.2 Å². The van der Waals surface area contributed by atoms with Crippen molar-refractivity contribution < 1.29 is 19.8 Å². The first-order chi connectivity index (χ1) is 8.09. The molecule has 0 aromatic carbocycles. The van der Waals surface area contributed by atoms with Crippen molar-refractivity contribution in [2.75, 3.05) is 6.54 Å². The van der Waals surface area contributed by atoms with Crippen LogP contribution >= 0.6 is 0 Å². The zero-order chi connectivity index (χ0) is 12.7. The molecule has 94 valence electrons. The monoisotopic (exact) mass is 242 g/mol. The van der Waals surface area contributed by atoms with Gasteiger partial charge in [-0.05, 0) is 0 Å². The van der Waals surface area contributed by atoms with Gasteiger partial charge in [-0.3, -0.25) is 0 Å². The number of carbonyl (C=O) groups is 2. The van der Waals surface area contributed by atoms with Crippen LogP contribution in [0.5, 0.6) is 0 Å². The molecule has 0 saturated carbocycles. The molecule has 0 bridgehead atoms. The largest absolute Gasteiger partial charge is 0.479 e. The van der Waals surface area contributed by atoms with Gasteiger partial charge in [0.15, 0.2) is 6.10 Å². The van der Waals surface area contributed by atoms with Crippen molar-refractivity contribution in [2.24, 2.45) is 0 Å². The number of aliphatic carboxylic acids is 1. The number of imidazole rings is 1. The number of rotatable bonds is 6. The molecule has 0 saturated heterocycles. The van der Waals surface area contributed by atoms with Gasteiger partial charge in [0.2, 0.25) is 0 Å². The highest BCUT2D eigenvalue weighted by Gasteiger charge is 2.12. The van der Waals surface area contributed by atoms with Gasteiger partial charge in [0.1, 0.15) is 0 Å². The van der Waals surface area contributed by atoms with Gasteiger partial charge in [-0.15, -0.1) is 0 Å². The smallest absolute Gasteiger partial charge is 0.332 e. The maximum Gasteiger partial charge on any atom is 0.332 e. The summed E-state index contributed by atoms with van der Waals surface area (Å²) >= 11 is 0. The molecule has 1 atom stereocenters. The number of H-pyrrole nitrogens is 1. The number of nitrogens with one attached hydrogen (secondary N) is 3. The molecule has 8 nitrogen and oxygen atoms in total. The van der Waals surface area contributed by atoms with Crippen LogP contribution in [0.4, 0.5) is 4.79 Å². The number of carboxylic acid groups (broad SMARTS) is 1. The predicted molar refractivity (Wildman–Crippen MR) is 57.1 cm³/mol. The Hall–Kier alpha value is -2.09. The Morgan fingerprint density at radius 2 is 2.24 bits per heavy atom. The summed E-state index contributed by atoms with van der Waals surface area (Å²) in [5.74, 6) is -1.30. The van der Waals surface area contributed by atoms with Gasteiger partial charge in [0.25, 0.3) is 0 Å². The van der Waals surface area contributed by atoms with E-state index in [-0.39, 0.29) is 13.0 Å². The number of aliphatic hydroxyl groups is 1. The summed E-state index contributed by atoms with van der Waals surface area (Å²) in [6, 6.07) is -0.433. The van der Waals surface area contributed by atoms with Crippen LogP contribution in [0, 0.1) is 0 Å². The fraction of sp³-hybridized carbons (Fsp3) is 0.444. The molecule has 0 aliphatic heterocycles. The second-order valence-corrected chi connectivity index (χ2v) is 3.33. The molecule has 0 spiro atoms. The number of aromatic amines is 1. The molecule has 0 radical (unpaired) electrons. The third-order valence-corrected chi connectivity index (χ3v) is 1.98. The Morgan fingerprint density at radius 3 is 2.82 bits per heavy atom. The summed E-state index contributed by atoms with van der Waals surface area (Å²) in [4.78, 5) is 28.1. The normalized spacial score (nSPS) is 11.8. The van der Waals surface area contributed by atoms with Crippen LogP contribution in [0.2, 0.25) is 0 Å². The minimum absolute atomic E-state index is 0.0349. The fourth-order valence-corrected chi connectivity index (χ4v) is 1.07. The molecule has 1 aromatic rings. The highest BCUT2D eigenvalue weighted by molar-refractivity contribution is 5.74. The van der Waals surface area contributed by atoms with E-state index in [9.17, 15) is 9.59 Å². The van der Waals surface area contributed by atoms with E-state index >= 15 is 0 Å². The standard InChI is InChI=1S/C9H14N4O4/c14-7(8(15)16)1-2-11-9(17)12-4-6-3-10-5-13-6/h3,5,7,14H,1-2,4H2,(H,10,13)(H,15,16)(H2,11,12,17). The second-order valence-electron chi connectivity index (χ2n) is 3.33. The van der Waals surface area contributed by atoms with Crippen molar-refractivity contribution in [3.63, 3.8) is 0 Å². The second kappa shape index (κ2) is 6.48. The van der Waals surface area contributed by atoms with E-state index in [0.29, 0.717) is 6.54 Å². The minimum Gasteiger partial charge on any atom is -0.479 e. The number of aromatic nitrogens is 2. The maximum absolute atomic E-state index is 11.2. The van der Waals surface area contributed by atoms with E-state index in [1.54, 1.807) is 6.20 Å². The number of aliphatic hydroxyl groups excluding tert-OH is 1. The van der Waals surface area contributed by atoms with Crippen LogP contribution in [-0.4, -0.2) is 44.8 Å². The van der Waals surface area contributed by atoms with Crippen molar-refractivity contribution >= 4 is 12.0 Å². The molecule has 17 heavy (non-hydrogen) atoms. The zero-order valence-electron chi connectivity index (χ0n) is 9.01. The third kappa shape index (κ3) is 4.98. The summed E-state index contributed by atoms with van der Waals surface area (Å²) in [6.07, 6.45) is 1.59. The van der Waals surface area contributed by atoms with E-state index in [1.165, 1.54) is 6.33 Å². The van der Waals surface area contributed by atoms with Crippen LogP contribution in [0.1, 0.15) is 12.1 Å². The Labute approximate surface area is 97.1 Å². The van der Waals surface area contributed by atoms with E-state index in [1.807, 2.05) is 0 Å². The first-order valence-electron chi connectivity index (χ1n) is 4.99. The van der Waals surface area contributed by atoms with Gasteiger partial charge < -0.3 is 25.8 Å². The lowest BCUT2D eigenvalue weighted by Crippen LogP contribution is -2.37. The average Bonchev–Trinajstić information content (AvgIpc) is 2.78. The molecular weight excluding hydrogens is 228 g/mol. The van der Waals surface area contributed by atoms with Crippen LogP contribution in [-0.2, 0) is 11.3 Å². The first kappa shape index (κ1) is 13.0. The molecule has 1 heterocycles. The molecular formula is C9H14N4O4. The quantitative estimate of drug-likeness (QED) is 0.439. The lowest BCUT2D eigenvalue weighted by Gasteiger charge is -2.08.